The Morgan fingerprint density at radius 3 is 0.818 bits per heavy atom. The quantitative estimate of drug-likeness (QED) is 0.0261. The van der Waals surface area contributed by atoms with Crippen LogP contribution < -0.4 is 0 Å². The van der Waals surface area contributed by atoms with Crippen molar-refractivity contribution in [2.45, 2.75) is 297 Å². The first-order valence-electron chi connectivity index (χ1n) is 32.0. The van der Waals surface area contributed by atoms with E-state index in [1.54, 1.807) is 0 Å². The molecule has 0 saturated heterocycles. The average molecular weight is 1070 g/mol. The molecule has 0 aromatic heterocycles. The number of unbranched alkanes of at least 4 members (excludes halogenated alkanes) is 26. The molecule has 0 spiro atoms. The Morgan fingerprint density at radius 2 is 0.506 bits per heavy atom. The molecule has 438 valence electrons. The first-order chi connectivity index (χ1) is 38.0. The molecule has 1 atom stereocenters. The van der Waals surface area contributed by atoms with E-state index in [1.165, 1.54) is 109 Å². The molecular weight excluding hydrogens is 949 g/mol. The van der Waals surface area contributed by atoms with Crippen LogP contribution in [-0.2, 0) is 28.6 Å². The smallest absolute Gasteiger partial charge is 0.306 e. The van der Waals surface area contributed by atoms with Crippen molar-refractivity contribution in [2.75, 3.05) is 13.2 Å². The fourth-order valence-corrected chi connectivity index (χ4v) is 8.67. The minimum Gasteiger partial charge on any atom is -0.462 e. The van der Waals surface area contributed by atoms with Crippen molar-refractivity contribution >= 4 is 17.9 Å². The van der Waals surface area contributed by atoms with Crippen LogP contribution in [0, 0.1) is 0 Å². The Balaban J connectivity index is 4.24. The Morgan fingerprint density at radius 1 is 0.273 bits per heavy atom. The van der Waals surface area contributed by atoms with Gasteiger partial charge in [-0.2, -0.15) is 0 Å². The Hall–Kier alpha value is -4.19. The van der Waals surface area contributed by atoms with Crippen LogP contribution in [0.5, 0.6) is 0 Å². The first-order valence-corrected chi connectivity index (χ1v) is 32.0. The van der Waals surface area contributed by atoms with E-state index in [2.05, 4.69) is 142 Å². The van der Waals surface area contributed by atoms with Crippen LogP contribution in [0.15, 0.2) is 122 Å². The summed E-state index contributed by atoms with van der Waals surface area (Å²) in [5, 5.41) is 0. The first kappa shape index (κ1) is 72.8. The second-order valence-electron chi connectivity index (χ2n) is 20.9. The lowest BCUT2D eigenvalue weighted by Crippen LogP contribution is -2.30. The van der Waals surface area contributed by atoms with Crippen LogP contribution in [0.2, 0.25) is 0 Å². The fourth-order valence-electron chi connectivity index (χ4n) is 8.67. The molecule has 0 fully saturated rings. The van der Waals surface area contributed by atoms with Crippen LogP contribution in [0.1, 0.15) is 290 Å². The summed E-state index contributed by atoms with van der Waals surface area (Å²) in [6, 6.07) is 0. The molecule has 6 heteroatoms. The number of carbonyl (C=O) groups is 3. The lowest BCUT2D eigenvalue weighted by atomic mass is 10.1. The Bertz CT molecular complexity index is 1600. The maximum Gasteiger partial charge on any atom is 0.306 e. The Kier molecular flexibility index (Phi) is 60.8. The molecule has 6 nitrogen and oxygen atoms in total. The molecule has 0 amide bonds. The molecule has 0 rings (SSSR count). The van der Waals surface area contributed by atoms with Gasteiger partial charge in [0.05, 0.1) is 0 Å². The van der Waals surface area contributed by atoms with Gasteiger partial charge in [0.15, 0.2) is 6.10 Å². The van der Waals surface area contributed by atoms with Gasteiger partial charge in [0.1, 0.15) is 13.2 Å². The van der Waals surface area contributed by atoms with Crippen LogP contribution in [0.25, 0.3) is 0 Å². The molecule has 0 saturated carbocycles. The topological polar surface area (TPSA) is 78.9 Å². The number of allylic oxidation sites excluding steroid dienone is 20. The van der Waals surface area contributed by atoms with Gasteiger partial charge in [0.25, 0.3) is 0 Å². The van der Waals surface area contributed by atoms with Crippen LogP contribution in [-0.4, -0.2) is 37.2 Å². The predicted molar refractivity (Wildman–Crippen MR) is 334 cm³/mol. The van der Waals surface area contributed by atoms with Crippen molar-refractivity contribution in [1.29, 1.82) is 0 Å². The maximum atomic E-state index is 12.9. The van der Waals surface area contributed by atoms with Crippen LogP contribution in [0.4, 0.5) is 0 Å². The highest BCUT2D eigenvalue weighted by atomic mass is 16.6. The number of rotatable bonds is 57. The predicted octanol–water partition coefficient (Wildman–Crippen LogP) is 22.0. The third kappa shape index (κ3) is 62.5. The second-order valence-corrected chi connectivity index (χ2v) is 20.9. The molecule has 0 bridgehead atoms. The van der Waals surface area contributed by atoms with Crippen molar-refractivity contribution in [1.82, 2.24) is 0 Å². The third-order valence-electron chi connectivity index (χ3n) is 13.5. The average Bonchev–Trinajstić information content (AvgIpc) is 3.43. The van der Waals surface area contributed by atoms with E-state index < -0.39 is 6.10 Å². The maximum absolute atomic E-state index is 12.9. The number of hydrogen-bond donors (Lipinski definition) is 0. The zero-order valence-corrected chi connectivity index (χ0v) is 50.2. The summed E-state index contributed by atoms with van der Waals surface area (Å²) in [5.74, 6) is -0.905. The molecule has 0 aliphatic heterocycles. The number of carbonyl (C=O) groups excluding carboxylic acids is 3. The van der Waals surface area contributed by atoms with Crippen LogP contribution in [0.3, 0.4) is 0 Å². The second kappa shape index (κ2) is 64.3. The van der Waals surface area contributed by atoms with Gasteiger partial charge in [0, 0.05) is 19.3 Å². The van der Waals surface area contributed by atoms with Gasteiger partial charge in [-0.1, -0.05) is 277 Å². The molecule has 0 heterocycles. The SMILES string of the molecule is CC/C=C\C/C=C\C/C=C\C/C=C\C/C=C\C/C=C\C/C=C\C/C=C\CCCCCCCCCCC(=O)OCC(COC(=O)CCCCCCCCCCCCC)OC(=O)CCCCCCC/C=C\C/C=C\CCCCC. The minimum absolute atomic E-state index is 0.0853. The van der Waals surface area contributed by atoms with E-state index in [0.717, 1.165) is 141 Å². The van der Waals surface area contributed by atoms with E-state index in [0.29, 0.717) is 19.3 Å². The highest BCUT2D eigenvalue weighted by Gasteiger charge is 2.19. The van der Waals surface area contributed by atoms with Gasteiger partial charge in [-0.3, -0.25) is 14.4 Å². The van der Waals surface area contributed by atoms with Crippen molar-refractivity contribution in [3.8, 4) is 0 Å². The summed E-state index contributed by atoms with van der Waals surface area (Å²) in [7, 11) is 0. The van der Waals surface area contributed by atoms with Gasteiger partial charge >= 0.3 is 17.9 Å². The highest BCUT2D eigenvalue weighted by molar-refractivity contribution is 5.71. The van der Waals surface area contributed by atoms with E-state index in [9.17, 15) is 14.4 Å². The zero-order chi connectivity index (χ0) is 55.7. The standard InChI is InChI=1S/C71H118O6/c1-4-7-10-13-16-19-22-24-26-27-28-29-30-31-32-33-34-35-36-37-38-39-40-41-42-43-45-46-49-52-55-58-61-64-70(73)76-67-68(66-75-69(72)63-60-57-54-51-48-21-18-15-12-9-6-3)77-71(74)65-62-59-56-53-50-47-44-25-23-20-17-14-11-8-5-2/h7,10,16-17,19-20,24-26,28-29,31-32,34-35,37-38,40-41,44,68H,4-6,8-9,11-15,18,21-23,27,30,33,36,39,42-43,45-67H2,1-3H3/b10-7-,19-16-,20-17-,26-24-,29-28-,32-31-,35-34-,38-37-,41-40-,44-25-. The van der Waals surface area contributed by atoms with Crippen molar-refractivity contribution in [3.63, 3.8) is 0 Å². The molecule has 1 unspecified atom stereocenters. The summed E-state index contributed by atoms with van der Waals surface area (Å²) >= 11 is 0. The third-order valence-corrected chi connectivity index (χ3v) is 13.5. The zero-order valence-electron chi connectivity index (χ0n) is 50.2. The van der Waals surface area contributed by atoms with Crippen LogP contribution >= 0.6 is 0 Å². The largest absolute Gasteiger partial charge is 0.462 e. The molecule has 0 N–H and O–H groups in total. The summed E-state index contributed by atoms with van der Waals surface area (Å²) < 4.78 is 16.9. The molecule has 0 aliphatic carbocycles. The van der Waals surface area contributed by atoms with Crippen molar-refractivity contribution < 1.29 is 28.6 Å². The van der Waals surface area contributed by atoms with Gasteiger partial charge < -0.3 is 14.2 Å². The lowest BCUT2D eigenvalue weighted by Gasteiger charge is -2.18. The monoisotopic (exact) mass is 1070 g/mol. The highest BCUT2D eigenvalue weighted by Crippen LogP contribution is 2.15. The van der Waals surface area contributed by atoms with Gasteiger partial charge in [-0.05, 0) is 116 Å². The molecule has 0 aromatic rings. The fraction of sp³-hybridized carbons (Fsp3) is 0.676. The lowest BCUT2D eigenvalue weighted by molar-refractivity contribution is -0.167. The molecule has 0 radical (unpaired) electrons. The van der Waals surface area contributed by atoms with E-state index in [1.807, 2.05) is 0 Å². The summed E-state index contributed by atoms with van der Waals surface area (Å²) in [6.45, 7) is 6.48. The van der Waals surface area contributed by atoms with E-state index in [4.69, 9.17) is 14.2 Å². The summed E-state index contributed by atoms with van der Waals surface area (Å²) in [4.78, 5) is 38.2. The van der Waals surface area contributed by atoms with E-state index in [-0.39, 0.29) is 31.1 Å². The summed E-state index contributed by atoms with van der Waals surface area (Å²) in [6.07, 6.45) is 89.2. The minimum atomic E-state index is -0.789. The van der Waals surface area contributed by atoms with Gasteiger partial charge in [-0.25, -0.2) is 0 Å². The van der Waals surface area contributed by atoms with Crippen molar-refractivity contribution in [3.05, 3.63) is 122 Å². The van der Waals surface area contributed by atoms with E-state index >= 15 is 0 Å². The van der Waals surface area contributed by atoms with Gasteiger partial charge in [0.2, 0.25) is 0 Å². The molecular formula is C71H118O6. The number of hydrogen-bond acceptors (Lipinski definition) is 6. The van der Waals surface area contributed by atoms with Gasteiger partial charge in [-0.15, -0.1) is 0 Å². The molecule has 0 aliphatic rings. The number of esters is 3. The number of ether oxygens (including phenoxy) is 3. The Labute approximate surface area is 475 Å². The molecule has 77 heavy (non-hydrogen) atoms. The van der Waals surface area contributed by atoms with Crippen molar-refractivity contribution in [2.24, 2.45) is 0 Å². The molecule has 0 aromatic carbocycles. The normalized spacial score (nSPS) is 12.9. The summed E-state index contributed by atoms with van der Waals surface area (Å²) in [5.41, 5.74) is 0.